The third-order valence-corrected chi connectivity index (χ3v) is 1.01. The van der Waals surface area contributed by atoms with Gasteiger partial charge in [0.15, 0.2) is 6.29 Å². The average molecular weight is 160 g/mol. The molecule has 0 aromatic heterocycles. The van der Waals surface area contributed by atoms with Crippen LogP contribution in [0.1, 0.15) is 26.7 Å². The van der Waals surface area contributed by atoms with Crippen LogP contribution in [0, 0.1) is 0 Å². The fourth-order valence-corrected chi connectivity index (χ4v) is 0.480. The van der Waals surface area contributed by atoms with Gasteiger partial charge in [0.25, 0.3) is 0 Å². The summed E-state index contributed by atoms with van der Waals surface area (Å²) in [4.78, 5) is 21.0. The number of aliphatic hydroxyl groups is 1. The van der Waals surface area contributed by atoms with Crippen molar-refractivity contribution in [2.24, 2.45) is 0 Å². The molecule has 1 N–H and O–H groups in total. The summed E-state index contributed by atoms with van der Waals surface area (Å²) in [6.45, 7) is 2.96. The van der Waals surface area contributed by atoms with Crippen molar-refractivity contribution in [3.63, 3.8) is 0 Å². The minimum atomic E-state index is -1.08. The predicted octanol–water partition coefficient (Wildman–Crippen LogP) is 0.237. The molecule has 0 aliphatic rings. The number of ketones is 1. The van der Waals surface area contributed by atoms with E-state index in [-0.39, 0.29) is 12.2 Å². The minimum Gasteiger partial charge on any atom is -0.436 e. The number of carbonyl (C=O) groups is 2. The van der Waals surface area contributed by atoms with E-state index < -0.39 is 12.3 Å². The van der Waals surface area contributed by atoms with Crippen molar-refractivity contribution in [3.05, 3.63) is 0 Å². The van der Waals surface area contributed by atoms with E-state index in [2.05, 4.69) is 4.74 Å². The van der Waals surface area contributed by atoms with Gasteiger partial charge in [-0.1, -0.05) is 6.92 Å². The van der Waals surface area contributed by atoms with Crippen LogP contribution in [0.3, 0.4) is 0 Å². The summed E-state index contributed by atoms with van der Waals surface area (Å²) in [6, 6.07) is 0. The Balaban J connectivity index is 3.60. The van der Waals surface area contributed by atoms with Crippen LogP contribution in [-0.4, -0.2) is 23.1 Å². The number of aliphatic hydroxyl groups excluding tert-OH is 1. The summed E-state index contributed by atoms with van der Waals surface area (Å²) in [5.41, 5.74) is 0. The number of ether oxygens (including phenoxy) is 1. The van der Waals surface area contributed by atoms with Gasteiger partial charge in [0, 0.05) is 6.42 Å². The number of esters is 1. The first-order valence-corrected chi connectivity index (χ1v) is 3.43. The zero-order chi connectivity index (χ0) is 8.85. The molecule has 0 aromatic carbocycles. The Morgan fingerprint density at radius 2 is 2.09 bits per heavy atom. The fourth-order valence-electron chi connectivity index (χ4n) is 0.480. The molecule has 0 radical (unpaired) electrons. The van der Waals surface area contributed by atoms with Gasteiger partial charge in [-0.15, -0.1) is 0 Å². The van der Waals surface area contributed by atoms with Crippen molar-refractivity contribution in [1.29, 1.82) is 0 Å². The molecule has 0 fully saturated rings. The third kappa shape index (κ3) is 5.54. The van der Waals surface area contributed by atoms with Gasteiger partial charge in [0.2, 0.25) is 0 Å². The highest BCUT2D eigenvalue weighted by Crippen LogP contribution is 1.96. The molecule has 0 spiro atoms. The van der Waals surface area contributed by atoms with Gasteiger partial charge >= 0.3 is 5.97 Å². The summed E-state index contributed by atoms with van der Waals surface area (Å²) >= 11 is 0. The molecular formula is C7H12O4. The summed E-state index contributed by atoms with van der Waals surface area (Å²) in [6.07, 6.45) is -1.01. The van der Waals surface area contributed by atoms with Crippen LogP contribution in [-0.2, 0) is 14.3 Å². The van der Waals surface area contributed by atoms with E-state index in [1.165, 1.54) is 6.92 Å². The second kappa shape index (κ2) is 4.85. The zero-order valence-corrected chi connectivity index (χ0v) is 6.66. The standard InChI is InChI=1S/C7H12O4/c1-3-6(9)11-7(10)4-5(2)8/h6,9H,3-4H2,1-2H3. The number of carbonyl (C=O) groups excluding carboxylic acids is 2. The van der Waals surface area contributed by atoms with Gasteiger partial charge in [0.05, 0.1) is 0 Å². The Bertz CT molecular complexity index is 153. The zero-order valence-electron chi connectivity index (χ0n) is 6.66. The predicted molar refractivity (Wildman–Crippen MR) is 37.7 cm³/mol. The van der Waals surface area contributed by atoms with Gasteiger partial charge in [-0.2, -0.15) is 0 Å². The van der Waals surface area contributed by atoms with E-state index in [4.69, 9.17) is 5.11 Å². The quantitative estimate of drug-likeness (QED) is 0.363. The lowest BCUT2D eigenvalue weighted by molar-refractivity contribution is -0.168. The second-order valence-electron chi connectivity index (χ2n) is 2.23. The van der Waals surface area contributed by atoms with E-state index in [1.807, 2.05) is 0 Å². The molecule has 0 aromatic rings. The highest BCUT2D eigenvalue weighted by atomic mass is 16.6. The van der Waals surface area contributed by atoms with Crippen molar-refractivity contribution < 1.29 is 19.4 Å². The Hall–Kier alpha value is -0.900. The maximum absolute atomic E-state index is 10.6. The number of rotatable bonds is 4. The lowest BCUT2D eigenvalue weighted by atomic mass is 10.3. The topological polar surface area (TPSA) is 63.6 Å². The maximum atomic E-state index is 10.6. The lowest BCUT2D eigenvalue weighted by Gasteiger charge is -2.07. The first-order valence-electron chi connectivity index (χ1n) is 3.43. The molecule has 64 valence electrons. The van der Waals surface area contributed by atoms with Crippen molar-refractivity contribution in [3.8, 4) is 0 Å². The lowest BCUT2D eigenvalue weighted by Crippen LogP contribution is -2.18. The van der Waals surface area contributed by atoms with E-state index in [1.54, 1.807) is 6.92 Å². The highest BCUT2D eigenvalue weighted by molar-refractivity contribution is 5.94. The molecule has 11 heavy (non-hydrogen) atoms. The molecule has 0 aliphatic carbocycles. The summed E-state index contributed by atoms with van der Waals surface area (Å²) in [5, 5.41) is 8.79. The Kier molecular flexibility index (Phi) is 4.45. The first kappa shape index (κ1) is 10.1. The van der Waals surface area contributed by atoms with E-state index >= 15 is 0 Å². The van der Waals surface area contributed by atoms with E-state index in [9.17, 15) is 9.59 Å². The van der Waals surface area contributed by atoms with Crippen molar-refractivity contribution in [1.82, 2.24) is 0 Å². The van der Waals surface area contributed by atoms with Gasteiger partial charge in [-0.05, 0) is 6.92 Å². The van der Waals surface area contributed by atoms with Crippen molar-refractivity contribution in [2.45, 2.75) is 33.0 Å². The molecule has 1 unspecified atom stereocenters. The van der Waals surface area contributed by atoms with Crippen LogP contribution >= 0.6 is 0 Å². The maximum Gasteiger partial charge on any atom is 0.315 e. The van der Waals surface area contributed by atoms with Crippen LogP contribution in [0.15, 0.2) is 0 Å². The summed E-state index contributed by atoms with van der Waals surface area (Å²) < 4.78 is 4.41. The molecule has 0 saturated carbocycles. The Morgan fingerprint density at radius 1 is 1.55 bits per heavy atom. The van der Waals surface area contributed by atoms with E-state index in [0.717, 1.165) is 0 Å². The molecule has 1 atom stereocenters. The van der Waals surface area contributed by atoms with Crippen LogP contribution in [0.5, 0.6) is 0 Å². The van der Waals surface area contributed by atoms with Gasteiger partial charge < -0.3 is 9.84 Å². The van der Waals surface area contributed by atoms with Crippen molar-refractivity contribution >= 4 is 11.8 Å². The normalized spacial score (nSPS) is 12.3. The molecule has 0 aliphatic heterocycles. The third-order valence-electron chi connectivity index (χ3n) is 1.01. The van der Waals surface area contributed by atoms with Crippen LogP contribution in [0.2, 0.25) is 0 Å². The molecular weight excluding hydrogens is 148 g/mol. The Labute approximate surface area is 65.2 Å². The van der Waals surface area contributed by atoms with Crippen molar-refractivity contribution in [2.75, 3.05) is 0 Å². The number of Topliss-reactive ketones (excluding diaryl/α,β-unsaturated/α-hetero) is 1. The number of hydrogen-bond acceptors (Lipinski definition) is 4. The molecule has 0 amide bonds. The molecule has 4 nitrogen and oxygen atoms in total. The van der Waals surface area contributed by atoms with E-state index in [0.29, 0.717) is 6.42 Å². The molecule has 0 saturated heterocycles. The average Bonchev–Trinajstić information content (AvgIpc) is 1.85. The van der Waals surface area contributed by atoms with Gasteiger partial charge in [-0.3, -0.25) is 9.59 Å². The molecule has 0 bridgehead atoms. The summed E-state index contributed by atoms with van der Waals surface area (Å²) in [7, 11) is 0. The largest absolute Gasteiger partial charge is 0.436 e. The van der Waals surface area contributed by atoms with Crippen LogP contribution in [0.4, 0.5) is 0 Å². The smallest absolute Gasteiger partial charge is 0.315 e. The van der Waals surface area contributed by atoms with Crippen LogP contribution < -0.4 is 0 Å². The van der Waals surface area contributed by atoms with Gasteiger partial charge in [-0.25, -0.2) is 0 Å². The highest BCUT2D eigenvalue weighted by Gasteiger charge is 2.10. The van der Waals surface area contributed by atoms with Gasteiger partial charge in [0.1, 0.15) is 12.2 Å². The second-order valence-corrected chi connectivity index (χ2v) is 2.23. The monoisotopic (exact) mass is 160 g/mol. The SMILES string of the molecule is CCC(O)OC(=O)CC(C)=O. The molecule has 4 heteroatoms. The minimum absolute atomic E-state index is 0.265. The molecule has 0 heterocycles. The molecule has 0 rings (SSSR count). The number of hydrogen-bond donors (Lipinski definition) is 1. The summed E-state index contributed by atoms with van der Waals surface area (Å²) in [5.74, 6) is -0.940. The first-order chi connectivity index (χ1) is 5.06. The fraction of sp³-hybridized carbons (Fsp3) is 0.714. The van der Waals surface area contributed by atoms with Crippen LogP contribution in [0.25, 0.3) is 0 Å². The Morgan fingerprint density at radius 3 is 2.45 bits per heavy atom.